The number of carbonyl (C=O) groups excluding carboxylic acids is 2. The van der Waals surface area contributed by atoms with Gasteiger partial charge in [0.2, 0.25) is 0 Å². The minimum Gasteiger partial charge on any atom is -0.469 e. The van der Waals surface area contributed by atoms with E-state index in [4.69, 9.17) is 9.57 Å². The highest BCUT2D eigenvalue weighted by Crippen LogP contribution is 2.27. The first-order valence-corrected chi connectivity index (χ1v) is 10.7. The summed E-state index contributed by atoms with van der Waals surface area (Å²) in [4.78, 5) is 28.9. The van der Waals surface area contributed by atoms with E-state index < -0.39 is 12.3 Å². The summed E-state index contributed by atoms with van der Waals surface area (Å²) < 4.78 is 6.84. The van der Waals surface area contributed by atoms with Gasteiger partial charge in [-0.1, -0.05) is 59.8 Å². The average molecular weight is 460 g/mol. The van der Waals surface area contributed by atoms with Gasteiger partial charge in [-0.15, -0.1) is 0 Å². The van der Waals surface area contributed by atoms with Gasteiger partial charge >= 0.3 is 11.9 Å². The van der Waals surface area contributed by atoms with Crippen molar-refractivity contribution < 1.29 is 29.4 Å². The standard InChI is InChI=1S/C26H24N2O6/c1-16(14-23(29)33-2)28-15-19(20-7-3-4-9-22(20)28)6-5-8-21-24(27-34-26(21)32)17-10-12-18(13-11-17)25(30)31/h3-13,15-16,25,30-31H,14H2,1-2H3. The van der Waals surface area contributed by atoms with Crippen molar-refractivity contribution in [2.45, 2.75) is 25.7 Å². The molecule has 1 unspecified atom stereocenters. The highest BCUT2D eigenvalue weighted by Gasteiger charge is 2.26. The summed E-state index contributed by atoms with van der Waals surface area (Å²) in [5.41, 5.74) is 3.51. The quantitative estimate of drug-likeness (QED) is 0.241. The Kier molecular flexibility index (Phi) is 6.72. The molecule has 0 radical (unpaired) electrons. The van der Waals surface area contributed by atoms with Crippen LogP contribution in [0.1, 0.15) is 42.4 Å². The molecule has 0 saturated heterocycles. The molecule has 3 aromatic rings. The maximum Gasteiger partial charge on any atom is 0.368 e. The molecule has 0 bridgehead atoms. The van der Waals surface area contributed by atoms with E-state index in [9.17, 15) is 19.8 Å². The van der Waals surface area contributed by atoms with Crippen molar-refractivity contribution in [2.75, 3.05) is 7.11 Å². The van der Waals surface area contributed by atoms with Crippen molar-refractivity contribution in [3.63, 3.8) is 0 Å². The van der Waals surface area contributed by atoms with Gasteiger partial charge in [0.15, 0.2) is 6.29 Å². The maximum atomic E-state index is 12.2. The summed E-state index contributed by atoms with van der Waals surface area (Å²) in [6, 6.07) is 14.2. The zero-order chi connectivity index (χ0) is 24.2. The van der Waals surface area contributed by atoms with Gasteiger partial charge in [0.25, 0.3) is 0 Å². The van der Waals surface area contributed by atoms with E-state index >= 15 is 0 Å². The molecule has 174 valence electrons. The minimum atomic E-state index is -1.58. The molecule has 8 heteroatoms. The molecule has 34 heavy (non-hydrogen) atoms. The molecular weight excluding hydrogens is 436 g/mol. The van der Waals surface area contributed by atoms with E-state index in [1.165, 1.54) is 7.11 Å². The first-order valence-electron chi connectivity index (χ1n) is 10.7. The van der Waals surface area contributed by atoms with E-state index in [2.05, 4.69) is 5.16 Å². The zero-order valence-electron chi connectivity index (χ0n) is 18.7. The Balaban J connectivity index is 1.62. The Hall–Kier alpha value is -4.01. The topological polar surface area (TPSA) is 110 Å². The molecule has 2 heterocycles. The van der Waals surface area contributed by atoms with Crippen LogP contribution in [-0.4, -0.2) is 39.5 Å². The zero-order valence-corrected chi connectivity index (χ0v) is 18.7. The van der Waals surface area contributed by atoms with Crippen molar-refractivity contribution >= 4 is 34.6 Å². The van der Waals surface area contributed by atoms with Gasteiger partial charge < -0.3 is 24.4 Å². The first-order chi connectivity index (χ1) is 16.4. The summed E-state index contributed by atoms with van der Waals surface area (Å²) >= 11 is 0. The molecule has 8 nitrogen and oxygen atoms in total. The number of benzene rings is 2. The average Bonchev–Trinajstić information content (AvgIpc) is 3.40. The third-order valence-corrected chi connectivity index (χ3v) is 5.65. The van der Waals surface area contributed by atoms with Crippen LogP contribution in [0.3, 0.4) is 0 Å². The molecule has 0 saturated carbocycles. The SMILES string of the molecule is COC(=O)CC(C)n1cc(C=CC=C2C(=O)ON=C2c2ccc(C(O)O)cc2)c2ccccc21. The van der Waals surface area contributed by atoms with Crippen LogP contribution < -0.4 is 0 Å². The van der Waals surface area contributed by atoms with Gasteiger partial charge in [-0.3, -0.25) is 4.79 Å². The first kappa shape index (κ1) is 23.2. The molecule has 2 N–H and O–H groups in total. The number of allylic oxidation sites excluding steroid dienone is 2. The number of ether oxygens (including phenoxy) is 1. The van der Waals surface area contributed by atoms with Gasteiger partial charge in [-0.2, -0.15) is 0 Å². The lowest BCUT2D eigenvalue weighted by molar-refractivity contribution is -0.141. The molecule has 0 aliphatic carbocycles. The second-order valence-electron chi connectivity index (χ2n) is 7.89. The van der Waals surface area contributed by atoms with Crippen molar-refractivity contribution in [2.24, 2.45) is 5.16 Å². The third-order valence-electron chi connectivity index (χ3n) is 5.65. The lowest BCUT2D eigenvalue weighted by atomic mass is 10.0. The lowest BCUT2D eigenvalue weighted by Crippen LogP contribution is -2.11. The summed E-state index contributed by atoms with van der Waals surface area (Å²) in [5.74, 6) is -0.847. The summed E-state index contributed by atoms with van der Waals surface area (Å²) in [6.45, 7) is 1.96. The van der Waals surface area contributed by atoms with Gasteiger partial charge in [0, 0.05) is 34.3 Å². The van der Waals surface area contributed by atoms with E-state index in [0.29, 0.717) is 16.8 Å². The van der Waals surface area contributed by atoms with Crippen LogP contribution in [0.5, 0.6) is 0 Å². The number of methoxy groups -OCH3 is 1. The molecule has 0 fully saturated rings. The number of fused-ring (bicyclic) bond motifs is 1. The molecule has 1 aliphatic rings. The second kappa shape index (κ2) is 9.86. The number of aromatic nitrogens is 1. The molecule has 4 rings (SSSR count). The molecule has 1 aliphatic heterocycles. The van der Waals surface area contributed by atoms with Gasteiger partial charge in [-0.25, -0.2) is 4.79 Å². The van der Waals surface area contributed by atoms with Crippen LogP contribution in [0.15, 0.2) is 77.6 Å². The molecule has 1 atom stereocenters. The molecule has 2 aromatic carbocycles. The van der Waals surface area contributed by atoms with E-state index in [1.807, 2.05) is 48.0 Å². The lowest BCUT2D eigenvalue weighted by Gasteiger charge is -2.13. The van der Waals surface area contributed by atoms with Crippen molar-refractivity contribution in [1.82, 2.24) is 4.57 Å². The fourth-order valence-corrected chi connectivity index (χ4v) is 3.85. The Bertz CT molecular complexity index is 1310. The maximum absolute atomic E-state index is 12.2. The fourth-order valence-electron chi connectivity index (χ4n) is 3.85. The van der Waals surface area contributed by atoms with Gasteiger partial charge in [0.05, 0.1) is 19.1 Å². The normalized spacial score (nSPS) is 15.9. The number of rotatable bonds is 7. The number of aliphatic hydroxyl groups is 2. The second-order valence-corrected chi connectivity index (χ2v) is 7.89. The Labute approximate surface area is 196 Å². The van der Waals surface area contributed by atoms with Crippen molar-refractivity contribution in [3.8, 4) is 0 Å². The molecule has 1 aromatic heterocycles. The number of para-hydroxylation sites is 1. The van der Waals surface area contributed by atoms with Gasteiger partial charge in [0.1, 0.15) is 5.71 Å². The number of carbonyl (C=O) groups is 2. The van der Waals surface area contributed by atoms with Crippen LogP contribution in [-0.2, 0) is 19.2 Å². The van der Waals surface area contributed by atoms with Crippen LogP contribution in [0.2, 0.25) is 0 Å². The Morgan fingerprint density at radius 3 is 2.62 bits per heavy atom. The van der Waals surface area contributed by atoms with Gasteiger partial charge in [-0.05, 0) is 24.6 Å². The number of esters is 1. The van der Waals surface area contributed by atoms with Crippen molar-refractivity contribution in [3.05, 3.63) is 89.1 Å². The number of hydrogen-bond donors (Lipinski definition) is 2. The smallest absolute Gasteiger partial charge is 0.368 e. The summed E-state index contributed by atoms with van der Waals surface area (Å²) in [5, 5.41) is 23.4. The predicted octanol–water partition coefficient (Wildman–Crippen LogP) is 3.65. The molecule has 0 spiro atoms. The summed E-state index contributed by atoms with van der Waals surface area (Å²) in [6.07, 6.45) is 5.90. The Morgan fingerprint density at radius 1 is 1.18 bits per heavy atom. The summed E-state index contributed by atoms with van der Waals surface area (Å²) in [7, 11) is 1.38. The van der Waals surface area contributed by atoms with Crippen LogP contribution in [0.4, 0.5) is 0 Å². The third kappa shape index (κ3) is 4.68. The number of oxime groups is 1. The van der Waals surface area contributed by atoms with Crippen LogP contribution in [0.25, 0.3) is 17.0 Å². The molecular formula is C26H24N2O6. The Morgan fingerprint density at radius 2 is 1.91 bits per heavy atom. The fraction of sp³-hybridized carbons (Fsp3) is 0.192. The predicted molar refractivity (Wildman–Crippen MR) is 127 cm³/mol. The van der Waals surface area contributed by atoms with E-state index in [1.54, 1.807) is 36.4 Å². The monoisotopic (exact) mass is 460 g/mol. The van der Waals surface area contributed by atoms with Crippen LogP contribution >= 0.6 is 0 Å². The number of nitrogens with zero attached hydrogens (tertiary/aromatic N) is 2. The van der Waals surface area contributed by atoms with E-state index in [-0.39, 0.29) is 24.0 Å². The van der Waals surface area contributed by atoms with Crippen LogP contribution in [0, 0.1) is 0 Å². The highest BCUT2D eigenvalue weighted by atomic mass is 16.7. The minimum absolute atomic E-state index is 0.0955. The highest BCUT2D eigenvalue weighted by molar-refractivity contribution is 6.29. The number of aliphatic hydroxyl groups excluding tert-OH is 1. The van der Waals surface area contributed by atoms with E-state index in [0.717, 1.165) is 16.5 Å². The molecule has 0 amide bonds. The largest absolute Gasteiger partial charge is 0.469 e. The van der Waals surface area contributed by atoms with Crippen molar-refractivity contribution in [1.29, 1.82) is 0 Å². The number of hydrogen-bond acceptors (Lipinski definition) is 7.